The molecule has 2 atom stereocenters. The van der Waals surface area contributed by atoms with E-state index < -0.39 is 5.97 Å². The third kappa shape index (κ3) is 4.93. The molecule has 0 aliphatic carbocycles. The van der Waals surface area contributed by atoms with Crippen molar-refractivity contribution in [1.29, 1.82) is 0 Å². The molecule has 188 valence electrons. The number of methoxy groups -OCH3 is 1. The van der Waals surface area contributed by atoms with Crippen LogP contribution in [-0.4, -0.2) is 29.3 Å². The predicted octanol–water partition coefficient (Wildman–Crippen LogP) is 6.09. The Morgan fingerprint density at radius 1 is 1.03 bits per heavy atom. The van der Waals surface area contributed by atoms with Gasteiger partial charge in [0.2, 0.25) is 0 Å². The van der Waals surface area contributed by atoms with E-state index in [1.54, 1.807) is 18.3 Å². The van der Waals surface area contributed by atoms with Gasteiger partial charge in [0.15, 0.2) is 5.11 Å². The van der Waals surface area contributed by atoms with Crippen molar-refractivity contribution < 1.29 is 18.7 Å². The van der Waals surface area contributed by atoms with E-state index >= 15 is 0 Å². The maximum absolute atomic E-state index is 12.4. The van der Waals surface area contributed by atoms with Crippen molar-refractivity contribution in [3.63, 3.8) is 0 Å². The monoisotopic (exact) mass is 513 g/mol. The van der Waals surface area contributed by atoms with E-state index in [1.165, 1.54) is 7.11 Å². The Labute approximate surface area is 221 Å². The smallest absolute Gasteiger partial charge is 0.338 e. The van der Waals surface area contributed by atoms with Crippen LogP contribution < -0.4 is 15.0 Å². The van der Waals surface area contributed by atoms with E-state index in [1.807, 2.05) is 85.5 Å². The standard InChI is InChI=1S/C29H27N3O4S/c1-18(2)35-20-13-11-19(12-14-20)32-27(26(31-29(32)37)23-10-6-7-17-30-23)25-16-15-24(36-25)21-8-4-5-9-22(21)28(33)34-3/h4-18,26-27H,1-3H3,(H,31,37)/t26-,27-/m0/s1. The Bertz CT molecular complexity index is 1400. The highest BCUT2D eigenvalue weighted by atomic mass is 32.1. The molecule has 0 amide bonds. The fourth-order valence-electron chi connectivity index (χ4n) is 4.52. The number of hydrogen-bond acceptors (Lipinski definition) is 6. The molecule has 0 radical (unpaired) electrons. The third-order valence-electron chi connectivity index (χ3n) is 6.10. The van der Waals surface area contributed by atoms with Crippen molar-refractivity contribution in [1.82, 2.24) is 10.3 Å². The Hall–Kier alpha value is -4.17. The number of nitrogens with one attached hydrogen (secondary N) is 1. The van der Waals surface area contributed by atoms with Crippen LogP contribution >= 0.6 is 12.2 Å². The minimum atomic E-state index is -0.422. The molecule has 2 aromatic carbocycles. The summed E-state index contributed by atoms with van der Waals surface area (Å²) in [4.78, 5) is 19.0. The zero-order valence-corrected chi connectivity index (χ0v) is 21.6. The average Bonchev–Trinajstić information content (AvgIpc) is 3.53. The summed E-state index contributed by atoms with van der Waals surface area (Å²) in [5.74, 6) is 1.61. The van der Waals surface area contributed by atoms with Gasteiger partial charge < -0.3 is 24.1 Å². The molecule has 37 heavy (non-hydrogen) atoms. The van der Waals surface area contributed by atoms with Gasteiger partial charge in [-0.05, 0) is 80.7 Å². The van der Waals surface area contributed by atoms with Crippen LogP contribution in [0.4, 0.5) is 5.69 Å². The van der Waals surface area contributed by atoms with Crippen molar-refractivity contribution >= 4 is 29.0 Å². The summed E-state index contributed by atoms with van der Waals surface area (Å²) in [6, 6.07) is 24.1. The van der Waals surface area contributed by atoms with E-state index in [2.05, 4.69) is 10.3 Å². The summed E-state index contributed by atoms with van der Waals surface area (Å²) in [6.07, 6.45) is 1.84. The fraction of sp³-hybridized carbons (Fsp3) is 0.207. The van der Waals surface area contributed by atoms with Gasteiger partial charge in [0.05, 0.1) is 30.5 Å². The highest BCUT2D eigenvalue weighted by Gasteiger charge is 2.42. The Kier molecular flexibility index (Phi) is 6.92. The van der Waals surface area contributed by atoms with Crippen molar-refractivity contribution in [2.24, 2.45) is 0 Å². The van der Waals surface area contributed by atoms with Gasteiger partial charge in [-0.1, -0.05) is 24.3 Å². The number of nitrogens with zero attached hydrogens (tertiary/aromatic N) is 2. The first-order valence-corrected chi connectivity index (χ1v) is 12.4. The Morgan fingerprint density at radius 3 is 2.49 bits per heavy atom. The molecule has 7 nitrogen and oxygen atoms in total. The topological polar surface area (TPSA) is 76.8 Å². The van der Waals surface area contributed by atoms with Crippen LogP contribution in [0.25, 0.3) is 11.3 Å². The Balaban J connectivity index is 1.57. The number of benzene rings is 2. The van der Waals surface area contributed by atoms with Crippen LogP contribution in [0, 0.1) is 0 Å². The zero-order valence-electron chi connectivity index (χ0n) is 20.8. The molecule has 0 spiro atoms. The summed E-state index contributed by atoms with van der Waals surface area (Å²) < 4.78 is 17.2. The second-order valence-electron chi connectivity index (χ2n) is 8.90. The fourth-order valence-corrected chi connectivity index (χ4v) is 4.87. The summed E-state index contributed by atoms with van der Waals surface area (Å²) in [6.45, 7) is 3.99. The second-order valence-corrected chi connectivity index (χ2v) is 9.28. The molecule has 1 aliphatic rings. The number of pyridine rings is 1. The van der Waals surface area contributed by atoms with Crippen LogP contribution in [0.5, 0.6) is 5.75 Å². The molecule has 3 heterocycles. The van der Waals surface area contributed by atoms with Crippen molar-refractivity contribution in [2.75, 3.05) is 12.0 Å². The van der Waals surface area contributed by atoms with Crippen molar-refractivity contribution in [2.45, 2.75) is 32.0 Å². The molecule has 8 heteroatoms. The lowest BCUT2D eigenvalue weighted by atomic mass is 10.0. The number of furan rings is 1. The van der Waals surface area contributed by atoms with Crippen LogP contribution in [-0.2, 0) is 4.74 Å². The third-order valence-corrected chi connectivity index (χ3v) is 6.42. The van der Waals surface area contributed by atoms with Crippen LogP contribution in [0.1, 0.15) is 47.7 Å². The maximum Gasteiger partial charge on any atom is 0.338 e. The van der Waals surface area contributed by atoms with Crippen molar-refractivity contribution in [3.05, 3.63) is 102 Å². The number of rotatable bonds is 7. The quantitative estimate of drug-likeness (QED) is 0.235. The molecule has 0 saturated carbocycles. The SMILES string of the molecule is COC(=O)c1ccccc1-c1ccc([C@H]2[C@H](c3ccccn3)NC(=S)N2c2ccc(OC(C)C)cc2)o1. The summed E-state index contributed by atoms with van der Waals surface area (Å²) in [7, 11) is 1.37. The van der Waals surface area contributed by atoms with Crippen molar-refractivity contribution in [3.8, 4) is 17.1 Å². The molecular formula is C29H27N3O4S. The molecule has 1 saturated heterocycles. The largest absolute Gasteiger partial charge is 0.491 e. The molecule has 4 aromatic rings. The van der Waals surface area contributed by atoms with E-state index in [0.717, 1.165) is 17.1 Å². The number of ether oxygens (including phenoxy) is 2. The highest BCUT2D eigenvalue weighted by molar-refractivity contribution is 7.80. The average molecular weight is 514 g/mol. The number of aromatic nitrogens is 1. The van der Waals surface area contributed by atoms with E-state index in [4.69, 9.17) is 26.1 Å². The molecular weight excluding hydrogens is 486 g/mol. The summed E-state index contributed by atoms with van der Waals surface area (Å²) >= 11 is 5.80. The van der Waals surface area contributed by atoms with E-state index in [9.17, 15) is 4.79 Å². The lowest BCUT2D eigenvalue weighted by Gasteiger charge is -2.26. The molecule has 5 rings (SSSR count). The normalized spacial score (nSPS) is 17.1. The molecule has 1 N–H and O–H groups in total. The molecule has 1 fully saturated rings. The van der Waals surface area contributed by atoms with Gasteiger partial charge in [-0.3, -0.25) is 4.98 Å². The molecule has 0 unspecified atom stereocenters. The lowest BCUT2D eigenvalue weighted by molar-refractivity contribution is 0.0601. The molecule has 1 aliphatic heterocycles. The number of carbonyl (C=O) groups excluding carboxylic acids is 1. The van der Waals surface area contributed by atoms with Gasteiger partial charge in [-0.25, -0.2) is 4.79 Å². The first kappa shape index (κ1) is 24.5. The second kappa shape index (κ2) is 10.4. The number of anilines is 1. The van der Waals surface area contributed by atoms with Gasteiger partial charge in [0, 0.05) is 17.4 Å². The zero-order chi connectivity index (χ0) is 25.9. The molecule has 0 bridgehead atoms. The summed E-state index contributed by atoms with van der Waals surface area (Å²) in [5, 5.41) is 3.99. The van der Waals surface area contributed by atoms with Crippen LogP contribution in [0.2, 0.25) is 0 Å². The predicted molar refractivity (Wildman–Crippen MR) is 146 cm³/mol. The summed E-state index contributed by atoms with van der Waals surface area (Å²) in [5.41, 5.74) is 2.82. The maximum atomic E-state index is 12.4. The minimum Gasteiger partial charge on any atom is -0.491 e. The number of thiocarbonyl (C=S) groups is 1. The van der Waals surface area contributed by atoms with Gasteiger partial charge in [0.1, 0.15) is 23.3 Å². The molecule has 2 aromatic heterocycles. The van der Waals surface area contributed by atoms with E-state index in [0.29, 0.717) is 27.8 Å². The van der Waals surface area contributed by atoms with Crippen LogP contribution in [0.15, 0.2) is 89.5 Å². The first-order valence-electron chi connectivity index (χ1n) is 12.0. The van der Waals surface area contributed by atoms with Gasteiger partial charge in [-0.15, -0.1) is 0 Å². The first-order chi connectivity index (χ1) is 18.0. The van der Waals surface area contributed by atoms with Gasteiger partial charge in [0.25, 0.3) is 0 Å². The van der Waals surface area contributed by atoms with Crippen LogP contribution in [0.3, 0.4) is 0 Å². The number of hydrogen-bond donors (Lipinski definition) is 1. The number of esters is 1. The van der Waals surface area contributed by atoms with Gasteiger partial charge in [-0.2, -0.15) is 0 Å². The van der Waals surface area contributed by atoms with Gasteiger partial charge >= 0.3 is 5.97 Å². The number of carbonyl (C=O) groups is 1. The lowest BCUT2D eigenvalue weighted by Crippen LogP contribution is -2.29. The Morgan fingerprint density at radius 2 is 1.78 bits per heavy atom. The van der Waals surface area contributed by atoms with E-state index in [-0.39, 0.29) is 18.2 Å². The highest BCUT2D eigenvalue weighted by Crippen LogP contribution is 2.43. The minimum absolute atomic E-state index is 0.0797.